The smallest absolute Gasteiger partial charge is 0.286 e. The zero-order valence-electron chi connectivity index (χ0n) is 11.2. The van der Waals surface area contributed by atoms with Crippen LogP contribution in [0.2, 0.25) is 0 Å². The Bertz CT molecular complexity index is 513. The fourth-order valence-corrected chi connectivity index (χ4v) is 2.12. The summed E-state index contributed by atoms with van der Waals surface area (Å²) < 4.78 is 1.60. The minimum atomic E-state index is -0.502. The lowest BCUT2D eigenvalue weighted by Gasteiger charge is -2.16. The van der Waals surface area contributed by atoms with E-state index in [2.05, 4.69) is 21.2 Å². The molecule has 19 heavy (non-hydrogen) atoms. The lowest BCUT2D eigenvalue weighted by Crippen LogP contribution is -2.32. The van der Waals surface area contributed by atoms with Gasteiger partial charge in [0, 0.05) is 18.7 Å². The first-order valence-corrected chi connectivity index (χ1v) is 6.88. The predicted octanol–water partition coefficient (Wildman–Crippen LogP) is 2.15. The van der Waals surface area contributed by atoms with Gasteiger partial charge in [0.05, 0.1) is 15.6 Å². The van der Waals surface area contributed by atoms with Gasteiger partial charge < -0.3 is 9.88 Å². The van der Waals surface area contributed by atoms with Crippen molar-refractivity contribution in [2.75, 3.05) is 6.54 Å². The SMILES string of the molecule is CC(CNC(C)C)Cn1cc([N+](=O)[O-])cc(Br)c1=O. The maximum atomic E-state index is 11.9. The van der Waals surface area contributed by atoms with Crippen LogP contribution in [0.25, 0.3) is 0 Å². The fourth-order valence-electron chi connectivity index (χ4n) is 1.66. The lowest BCUT2D eigenvalue weighted by atomic mass is 10.1. The summed E-state index contributed by atoms with van der Waals surface area (Å²) in [5.41, 5.74) is -0.336. The van der Waals surface area contributed by atoms with Crippen molar-refractivity contribution >= 4 is 21.6 Å². The summed E-state index contributed by atoms with van der Waals surface area (Å²) in [5.74, 6) is 0.203. The molecule has 1 rings (SSSR count). The van der Waals surface area contributed by atoms with Crippen molar-refractivity contribution < 1.29 is 4.92 Å². The zero-order chi connectivity index (χ0) is 14.6. The molecule has 6 nitrogen and oxygen atoms in total. The average molecular weight is 332 g/mol. The van der Waals surface area contributed by atoms with Gasteiger partial charge in [-0.25, -0.2) is 0 Å². The van der Waals surface area contributed by atoms with Gasteiger partial charge in [0.15, 0.2) is 0 Å². The van der Waals surface area contributed by atoms with E-state index in [-0.39, 0.29) is 21.6 Å². The summed E-state index contributed by atoms with van der Waals surface area (Å²) in [4.78, 5) is 22.2. The van der Waals surface area contributed by atoms with Crippen LogP contribution in [0.4, 0.5) is 5.69 Å². The molecule has 0 amide bonds. The van der Waals surface area contributed by atoms with Crippen LogP contribution in [0.1, 0.15) is 20.8 Å². The second-order valence-electron chi connectivity index (χ2n) is 4.93. The molecule has 0 aliphatic rings. The zero-order valence-corrected chi connectivity index (χ0v) is 12.8. The third-order valence-electron chi connectivity index (χ3n) is 2.62. The maximum absolute atomic E-state index is 11.9. The van der Waals surface area contributed by atoms with E-state index in [9.17, 15) is 14.9 Å². The summed E-state index contributed by atoms with van der Waals surface area (Å²) in [5, 5.41) is 14.1. The van der Waals surface area contributed by atoms with Gasteiger partial charge in [0.25, 0.3) is 11.2 Å². The third-order valence-corrected chi connectivity index (χ3v) is 3.19. The van der Waals surface area contributed by atoms with Gasteiger partial charge in [-0.15, -0.1) is 0 Å². The number of rotatable bonds is 6. The molecule has 0 fully saturated rings. The van der Waals surface area contributed by atoms with Crippen molar-refractivity contribution in [1.82, 2.24) is 9.88 Å². The van der Waals surface area contributed by atoms with Gasteiger partial charge in [-0.3, -0.25) is 14.9 Å². The quantitative estimate of drug-likeness (QED) is 0.640. The summed E-state index contributed by atoms with van der Waals surface area (Å²) in [6.45, 7) is 7.28. The van der Waals surface area contributed by atoms with Gasteiger partial charge in [-0.2, -0.15) is 0 Å². The van der Waals surface area contributed by atoms with Crippen molar-refractivity contribution in [1.29, 1.82) is 0 Å². The minimum Gasteiger partial charge on any atom is -0.314 e. The van der Waals surface area contributed by atoms with E-state index in [4.69, 9.17) is 0 Å². The van der Waals surface area contributed by atoms with Gasteiger partial charge in [-0.1, -0.05) is 20.8 Å². The summed E-state index contributed by atoms with van der Waals surface area (Å²) >= 11 is 3.06. The Hall–Kier alpha value is -1.21. The third kappa shape index (κ3) is 4.76. The van der Waals surface area contributed by atoms with Crippen molar-refractivity contribution in [3.8, 4) is 0 Å². The maximum Gasteiger partial charge on any atom is 0.286 e. The molecule has 106 valence electrons. The van der Waals surface area contributed by atoms with Crippen molar-refractivity contribution in [2.45, 2.75) is 33.4 Å². The molecule has 1 N–H and O–H groups in total. The highest BCUT2D eigenvalue weighted by molar-refractivity contribution is 9.10. The molecule has 0 aliphatic heterocycles. The number of nitrogens with one attached hydrogen (secondary N) is 1. The molecule has 0 radical (unpaired) electrons. The molecule has 7 heteroatoms. The Balaban J connectivity index is 2.88. The standard InChI is InChI=1S/C12H18BrN3O3/c1-8(2)14-5-9(3)6-15-7-10(16(18)19)4-11(13)12(15)17/h4,7-9,14H,5-6H2,1-3H3. The molecule has 0 spiro atoms. The fraction of sp³-hybridized carbons (Fsp3) is 0.583. The molecule has 1 aromatic rings. The summed E-state index contributed by atoms with van der Waals surface area (Å²) in [6, 6.07) is 1.60. The first-order chi connectivity index (χ1) is 8.81. The van der Waals surface area contributed by atoms with E-state index < -0.39 is 4.92 Å². The molecule has 0 saturated heterocycles. The highest BCUT2D eigenvalue weighted by Crippen LogP contribution is 2.14. The summed E-state index contributed by atoms with van der Waals surface area (Å²) in [7, 11) is 0. The first-order valence-electron chi connectivity index (χ1n) is 6.09. The van der Waals surface area contributed by atoms with Crippen molar-refractivity contribution in [3.05, 3.63) is 37.2 Å². The van der Waals surface area contributed by atoms with E-state index >= 15 is 0 Å². The van der Waals surface area contributed by atoms with E-state index in [1.807, 2.05) is 20.8 Å². The molecular weight excluding hydrogens is 314 g/mol. The van der Waals surface area contributed by atoms with E-state index in [0.717, 1.165) is 6.54 Å². The van der Waals surface area contributed by atoms with Crippen LogP contribution >= 0.6 is 15.9 Å². The number of hydrogen-bond acceptors (Lipinski definition) is 4. The Morgan fingerprint density at radius 3 is 2.63 bits per heavy atom. The highest BCUT2D eigenvalue weighted by Gasteiger charge is 2.14. The van der Waals surface area contributed by atoms with Crippen molar-refractivity contribution in [2.24, 2.45) is 5.92 Å². The number of aromatic nitrogens is 1. The van der Waals surface area contributed by atoms with Crippen LogP contribution < -0.4 is 10.9 Å². The van der Waals surface area contributed by atoms with Gasteiger partial charge in [0.1, 0.15) is 0 Å². The topological polar surface area (TPSA) is 77.2 Å². The highest BCUT2D eigenvalue weighted by atomic mass is 79.9. The average Bonchev–Trinajstić information content (AvgIpc) is 2.31. The Labute approximate surface area is 120 Å². The molecule has 0 aliphatic carbocycles. The molecule has 0 saturated carbocycles. The van der Waals surface area contributed by atoms with Gasteiger partial charge in [-0.05, 0) is 28.4 Å². The van der Waals surface area contributed by atoms with Crippen LogP contribution in [0.15, 0.2) is 21.5 Å². The van der Waals surface area contributed by atoms with Gasteiger partial charge >= 0.3 is 0 Å². The van der Waals surface area contributed by atoms with Crippen LogP contribution in [0.3, 0.4) is 0 Å². The number of pyridine rings is 1. The molecule has 0 bridgehead atoms. The first kappa shape index (κ1) is 15.8. The largest absolute Gasteiger partial charge is 0.314 e. The normalized spacial score (nSPS) is 12.7. The van der Waals surface area contributed by atoms with Crippen LogP contribution in [0.5, 0.6) is 0 Å². The number of halogens is 1. The number of nitro groups is 1. The number of hydrogen-bond donors (Lipinski definition) is 1. The summed E-state index contributed by atoms with van der Waals surface area (Å²) in [6.07, 6.45) is 1.29. The number of nitrogens with zero attached hydrogens (tertiary/aromatic N) is 2. The second kappa shape index (κ2) is 6.81. The Kier molecular flexibility index (Phi) is 5.68. The molecule has 1 atom stereocenters. The van der Waals surface area contributed by atoms with Gasteiger partial charge in [0.2, 0.25) is 0 Å². The molecule has 1 unspecified atom stereocenters. The molecular formula is C12H18BrN3O3. The molecule has 1 heterocycles. The van der Waals surface area contributed by atoms with Crippen LogP contribution in [-0.2, 0) is 6.54 Å². The Morgan fingerprint density at radius 2 is 2.11 bits per heavy atom. The second-order valence-corrected chi connectivity index (χ2v) is 5.78. The predicted molar refractivity (Wildman–Crippen MR) is 77.4 cm³/mol. The molecule has 0 aromatic carbocycles. The van der Waals surface area contributed by atoms with Crippen LogP contribution in [-0.4, -0.2) is 22.1 Å². The minimum absolute atomic E-state index is 0.0875. The monoisotopic (exact) mass is 331 g/mol. The Morgan fingerprint density at radius 1 is 1.47 bits per heavy atom. The lowest BCUT2D eigenvalue weighted by molar-refractivity contribution is -0.385. The van der Waals surface area contributed by atoms with E-state index in [0.29, 0.717) is 12.6 Å². The van der Waals surface area contributed by atoms with E-state index in [1.54, 1.807) is 0 Å². The van der Waals surface area contributed by atoms with Crippen molar-refractivity contribution in [3.63, 3.8) is 0 Å². The molecule has 1 aromatic heterocycles. The van der Waals surface area contributed by atoms with Crippen LogP contribution in [0, 0.1) is 16.0 Å². The van der Waals surface area contributed by atoms with E-state index in [1.165, 1.54) is 16.8 Å².